The summed E-state index contributed by atoms with van der Waals surface area (Å²) in [5.41, 5.74) is 0.300. The van der Waals surface area contributed by atoms with Crippen LogP contribution in [0.5, 0.6) is 11.8 Å². The SMILES string of the molecule is CCOC(=O)c1nn(C)c(-c2ccccc2)c1OS(=O)(=O)NC(=O)Nc1nc(C)nc(OC)n1. The Morgan fingerprint density at radius 2 is 1.82 bits per heavy atom. The Hall–Kier alpha value is -4.27. The first kappa shape index (κ1) is 24.4. The van der Waals surface area contributed by atoms with Gasteiger partial charge in [-0.2, -0.15) is 28.5 Å². The maximum Gasteiger partial charge on any atom is 0.411 e. The van der Waals surface area contributed by atoms with Crippen LogP contribution in [-0.2, 0) is 22.1 Å². The smallest absolute Gasteiger partial charge is 0.411 e. The van der Waals surface area contributed by atoms with Crippen LogP contribution in [-0.4, -0.2) is 58.9 Å². The Bertz CT molecular complexity index is 1310. The highest BCUT2D eigenvalue weighted by atomic mass is 32.2. The molecule has 2 heterocycles. The number of aryl methyl sites for hydroxylation is 2. The summed E-state index contributed by atoms with van der Waals surface area (Å²) >= 11 is 0. The number of urea groups is 1. The number of ether oxygens (including phenoxy) is 2. The normalized spacial score (nSPS) is 10.9. The lowest BCUT2D eigenvalue weighted by molar-refractivity contribution is 0.0516. The van der Waals surface area contributed by atoms with E-state index in [9.17, 15) is 18.0 Å². The first-order valence-electron chi connectivity index (χ1n) is 9.73. The topological polar surface area (TPSA) is 177 Å². The third-order valence-corrected chi connectivity index (χ3v) is 4.89. The molecule has 0 aliphatic heterocycles. The van der Waals surface area contributed by atoms with Gasteiger partial charge in [-0.1, -0.05) is 30.3 Å². The van der Waals surface area contributed by atoms with E-state index in [4.69, 9.17) is 13.7 Å². The Morgan fingerprint density at radius 3 is 2.47 bits per heavy atom. The number of methoxy groups -OCH3 is 1. The van der Waals surface area contributed by atoms with Crippen LogP contribution in [0.25, 0.3) is 11.3 Å². The van der Waals surface area contributed by atoms with Crippen molar-refractivity contribution in [1.29, 1.82) is 0 Å². The van der Waals surface area contributed by atoms with E-state index in [1.807, 2.05) is 0 Å². The molecule has 0 aliphatic rings. The summed E-state index contributed by atoms with van der Waals surface area (Å²) in [6, 6.07) is 7.21. The maximum atomic E-state index is 12.7. The zero-order chi connectivity index (χ0) is 24.9. The Morgan fingerprint density at radius 1 is 1.12 bits per heavy atom. The minimum absolute atomic E-state index is 0.0255. The number of benzene rings is 1. The van der Waals surface area contributed by atoms with Crippen LogP contribution < -0.4 is 19.0 Å². The number of amides is 2. The first-order valence-corrected chi connectivity index (χ1v) is 11.1. The van der Waals surface area contributed by atoms with Gasteiger partial charge >= 0.3 is 28.3 Å². The van der Waals surface area contributed by atoms with E-state index in [1.54, 1.807) is 42.0 Å². The molecular formula is C19H21N7O7S. The second-order valence-corrected chi connectivity index (χ2v) is 7.80. The third kappa shape index (κ3) is 5.74. The maximum absolute atomic E-state index is 12.7. The molecule has 15 heteroatoms. The Labute approximate surface area is 194 Å². The van der Waals surface area contributed by atoms with Crippen LogP contribution in [0.1, 0.15) is 23.2 Å². The molecular weight excluding hydrogens is 470 g/mol. The zero-order valence-corrected chi connectivity index (χ0v) is 19.4. The number of hydrogen-bond acceptors (Lipinski definition) is 11. The summed E-state index contributed by atoms with van der Waals surface area (Å²) < 4.78 is 43.2. The Kier molecular flexibility index (Phi) is 7.25. The van der Waals surface area contributed by atoms with Gasteiger partial charge in [-0.3, -0.25) is 10.00 Å². The number of aromatic nitrogens is 5. The molecule has 3 aromatic rings. The summed E-state index contributed by atoms with van der Waals surface area (Å²) in [5.74, 6) is -1.34. The lowest BCUT2D eigenvalue weighted by atomic mass is 10.1. The van der Waals surface area contributed by atoms with E-state index in [-0.39, 0.29) is 35.8 Å². The molecule has 0 atom stereocenters. The fourth-order valence-corrected chi connectivity index (χ4v) is 3.50. The zero-order valence-electron chi connectivity index (χ0n) is 18.6. The lowest BCUT2D eigenvalue weighted by Crippen LogP contribution is -2.37. The number of nitrogens with zero attached hydrogens (tertiary/aromatic N) is 5. The van der Waals surface area contributed by atoms with Gasteiger partial charge in [0.25, 0.3) is 0 Å². The molecule has 0 bridgehead atoms. The molecule has 0 radical (unpaired) electrons. The van der Waals surface area contributed by atoms with Gasteiger partial charge in [0.2, 0.25) is 17.4 Å². The number of anilines is 1. The number of rotatable bonds is 8. The molecule has 0 spiro atoms. The van der Waals surface area contributed by atoms with Crippen molar-refractivity contribution in [2.24, 2.45) is 7.05 Å². The molecule has 2 N–H and O–H groups in total. The van der Waals surface area contributed by atoms with Crippen molar-refractivity contribution >= 4 is 28.3 Å². The average Bonchev–Trinajstić information content (AvgIpc) is 3.08. The standard InChI is InChI=1S/C19H21N7O7S/c1-5-32-16(27)13-15(14(26(3)24-13)12-9-7-6-8-10-12)33-34(29,30)25-18(28)22-17-20-11(2)21-19(23-17)31-4/h6-10H,5H2,1-4H3,(H2,20,21,22,23,25,28). The van der Waals surface area contributed by atoms with E-state index in [0.717, 1.165) is 0 Å². The van der Waals surface area contributed by atoms with Crippen molar-refractivity contribution in [2.75, 3.05) is 19.0 Å². The molecule has 0 saturated carbocycles. The van der Waals surface area contributed by atoms with E-state index in [0.29, 0.717) is 5.56 Å². The summed E-state index contributed by atoms with van der Waals surface area (Å²) in [6.45, 7) is 3.13. The van der Waals surface area contributed by atoms with Crippen molar-refractivity contribution in [3.63, 3.8) is 0 Å². The second-order valence-electron chi connectivity index (χ2n) is 6.52. The molecule has 2 amide bonds. The minimum atomic E-state index is -4.79. The number of esters is 1. The highest BCUT2D eigenvalue weighted by Crippen LogP contribution is 2.34. The third-order valence-electron chi connectivity index (χ3n) is 4.07. The summed E-state index contributed by atoms with van der Waals surface area (Å²) in [5, 5.41) is 6.19. The van der Waals surface area contributed by atoms with Crippen LogP contribution in [0.15, 0.2) is 30.3 Å². The van der Waals surface area contributed by atoms with E-state index in [2.05, 4.69) is 25.4 Å². The second kappa shape index (κ2) is 10.1. The van der Waals surface area contributed by atoms with Crippen molar-refractivity contribution in [3.05, 3.63) is 41.9 Å². The van der Waals surface area contributed by atoms with Crippen LogP contribution in [0, 0.1) is 6.92 Å². The molecule has 1 aromatic carbocycles. The van der Waals surface area contributed by atoms with Crippen molar-refractivity contribution in [1.82, 2.24) is 29.5 Å². The van der Waals surface area contributed by atoms with Crippen LogP contribution >= 0.6 is 0 Å². The van der Waals surface area contributed by atoms with E-state index in [1.165, 1.54) is 25.8 Å². The summed E-state index contributed by atoms with van der Waals surface area (Å²) in [7, 11) is -1.98. The van der Waals surface area contributed by atoms with Crippen LogP contribution in [0.2, 0.25) is 0 Å². The van der Waals surface area contributed by atoms with Crippen molar-refractivity contribution < 1.29 is 31.7 Å². The molecule has 0 fully saturated rings. The van der Waals surface area contributed by atoms with Crippen molar-refractivity contribution in [2.45, 2.75) is 13.8 Å². The lowest BCUT2D eigenvalue weighted by Gasteiger charge is -2.11. The monoisotopic (exact) mass is 491 g/mol. The average molecular weight is 491 g/mol. The van der Waals surface area contributed by atoms with Crippen LogP contribution in [0.4, 0.5) is 10.7 Å². The van der Waals surface area contributed by atoms with Crippen LogP contribution in [0.3, 0.4) is 0 Å². The molecule has 0 aliphatic carbocycles. The minimum Gasteiger partial charge on any atom is -0.467 e. The quantitative estimate of drug-likeness (QED) is 0.433. The summed E-state index contributed by atoms with van der Waals surface area (Å²) in [6.07, 6.45) is 0. The molecule has 2 aromatic heterocycles. The van der Waals surface area contributed by atoms with Gasteiger partial charge in [0.1, 0.15) is 11.5 Å². The predicted molar refractivity (Wildman–Crippen MR) is 117 cm³/mol. The van der Waals surface area contributed by atoms with E-state index >= 15 is 0 Å². The van der Waals surface area contributed by atoms with Gasteiger partial charge in [-0.25, -0.2) is 14.3 Å². The molecule has 3 rings (SSSR count). The number of nitrogens with one attached hydrogen (secondary N) is 2. The number of hydrogen-bond donors (Lipinski definition) is 2. The van der Waals surface area contributed by atoms with Crippen molar-refractivity contribution in [3.8, 4) is 23.0 Å². The fraction of sp³-hybridized carbons (Fsp3) is 0.263. The molecule has 0 saturated heterocycles. The highest BCUT2D eigenvalue weighted by Gasteiger charge is 2.30. The molecule has 180 valence electrons. The fourth-order valence-electron chi connectivity index (χ4n) is 2.81. The highest BCUT2D eigenvalue weighted by molar-refractivity contribution is 7.85. The van der Waals surface area contributed by atoms with Gasteiger partial charge in [0.15, 0.2) is 0 Å². The van der Waals surface area contributed by atoms with Gasteiger partial charge in [-0.05, 0) is 13.8 Å². The largest absolute Gasteiger partial charge is 0.467 e. The molecule has 34 heavy (non-hydrogen) atoms. The van der Waals surface area contributed by atoms with Gasteiger partial charge in [0, 0.05) is 12.6 Å². The van der Waals surface area contributed by atoms with Gasteiger partial charge < -0.3 is 13.7 Å². The molecule has 14 nitrogen and oxygen atoms in total. The van der Waals surface area contributed by atoms with Gasteiger partial charge in [0.05, 0.1) is 13.7 Å². The Balaban J connectivity index is 1.90. The first-order chi connectivity index (χ1) is 16.1. The summed E-state index contributed by atoms with van der Waals surface area (Å²) in [4.78, 5) is 36.2. The predicted octanol–water partition coefficient (Wildman–Crippen LogP) is 1.21. The van der Waals surface area contributed by atoms with E-state index < -0.39 is 28.1 Å². The van der Waals surface area contributed by atoms with Gasteiger partial charge in [-0.15, -0.1) is 0 Å². The molecule has 0 unspecified atom stereocenters. The number of carbonyl (C=O) groups is 2. The number of carbonyl (C=O) groups excluding carboxylic acids is 2.